The van der Waals surface area contributed by atoms with Gasteiger partial charge in [-0.3, -0.25) is 9.13 Å². The van der Waals surface area contributed by atoms with Gasteiger partial charge in [0.1, 0.15) is 54.8 Å². The molecule has 6 aromatic rings. The summed E-state index contributed by atoms with van der Waals surface area (Å²) in [5, 5.41) is 65.7. The Morgan fingerprint density at radius 2 is 1.21 bits per heavy atom. The predicted octanol–water partition coefficient (Wildman–Crippen LogP) is 2.79. The second-order valence-electron chi connectivity index (χ2n) is 14.3. The molecule has 0 unspecified atom stereocenters. The third kappa shape index (κ3) is 10.1. The monoisotopic (exact) mass is 904 g/mol. The van der Waals surface area contributed by atoms with Gasteiger partial charge in [0.05, 0.1) is 31.9 Å². The van der Waals surface area contributed by atoms with E-state index in [-0.39, 0.29) is 40.7 Å². The van der Waals surface area contributed by atoms with E-state index in [0.29, 0.717) is 34.1 Å². The molecule has 0 bridgehead atoms. The van der Waals surface area contributed by atoms with E-state index < -0.39 is 62.3 Å². The van der Waals surface area contributed by atoms with Gasteiger partial charge in [-0.1, -0.05) is 18.2 Å². The van der Waals surface area contributed by atoms with Gasteiger partial charge >= 0.3 is 0 Å². The fourth-order valence-electron chi connectivity index (χ4n) is 6.61. The lowest BCUT2D eigenvalue weighted by molar-refractivity contribution is -0.0511. The summed E-state index contributed by atoms with van der Waals surface area (Å²) in [6.07, 6.45) is -5.96. The minimum Gasteiger partial charge on any atom is -0.491 e. The standard InChI is InChI=1S/C19H21ClFN5O5.C19H22ClN5O4S/c1-9(7-30-11-4-2-10(21)3-5-11)23-16-13-17(25-19(20)24-16)26(8-22-13)18-15(29)14(28)12(6-27)31-18;1-10(8-30-11-5-3-2-4-6-11)22-16-13-17(24-19(20)23-16)25(9-21-13)18-15(28)14(27)12(7-26)29-18/h2-5,8-9,12,14-15,18,27-29H,6-7H2,1H3,(H,23,24,25);2-6,9-10,12,14-15,18,26-28H,7-8H2,1H3,(H,22,23,24)/t9-,12-,14-,15-,18-;10-,12-,14-,15-,18-/m11/s1. The molecule has 10 atom stereocenters. The highest BCUT2D eigenvalue weighted by molar-refractivity contribution is 7.99. The predicted molar refractivity (Wildman–Crippen MR) is 222 cm³/mol. The van der Waals surface area contributed by atoms with E-state index in [0.717, 1.165) is 5.75 Å². The highest BCUT2D eigenvalue weighted by atomic mass is 35.5. The molecule has 0 radical (unpaired) electrons. The van der Waals surface area contributed by atoms with Crippen molar-refractivity contribution in [2.45, 2.75) is 79.9 Å². The number of thioether (sulfide) groups is 1. The number of aromatic nitrogens is 8. The van der Waals surface area contributed by atoms with Crippen LogP contribution in [0.15, 0.2) is 72.1 Å². The van der Waals surface area contributed by atoms with Crippen LogP contribution in [0.4, 0.5) is 16.0 Å². The first-order chi connectivity index (χ1) is 29.3. The zero-order chi connectivity index (χ0) is 43.4. The number of benzene rings is 2. The van der Waals surface area contributed by atoms with Crippen molar-refractivity contribution in [1.29, 1.82) is 0 Å². The molecule has 19 nitrogen and oxygen atoms in total. The van der Waals surface area contributed by atoms with E-state index in [1.54, 1.807) is 11.8 Å². The first-order valence-electron chi connectivity index (χ1n) is 19.0. The number of anilines is 2. The first-order valence-corrected chi connectivity index (χ1v) is 20.7. The van der Waals surface area contributed by atoms with Crippen LogP contribution in [0.3, 0.4) is 0 Å². The summed E-state index contributed by atoms with van der Waals surface area (Å²) in [5.41, 5.74) is 1.48. The summed E-state index contributed by atoms with van der Waals surface area (Å²) in [6.45, 7) is 3.27. The highest BCUT2D eigenvalue weighted by Gasteiger charge is 2.45. The van der Waals surface area contributed by atoms with Crippen molar-refractivity contribution in [3.05, 3.63) is 83.6 Å². The number of hydrogen-bond acceptors (Lipinski definition) is 18. The molecule has 2 aliphatic rings. The summed E-state index contributed by atoms with van der Waals surface area (Å²) in [6, 6.07) is 15.6. The number of aliphatic hydroxyl groups is 6. The summed E-state index contributed by atoms with van der Waals surface area (Å²) < 4.78 is 32.7. The van der Waals surface area contributed by atoms with Gasteiger partial charge in [0.2, 0.25) is 10.6 Å². The third-order valence-electron chi connectivity index (χ3n) is 9.69. The average molecular weight is 906 g/mol. The van der Waals surface area contributed by atoms with Crippen LogP contribution in [-0.2, 0) is 9.47 Å². The Labute approximate surface area is 361 Å². The van der Waals surface area contributed by atoms with Crippen molar-refractivity contribution >= 4 is 68.9 Å². The summed E-state index contributed by atoms with van der Waals surface area (Å²) in [7, 11) is 0. The molecule has 0 aliphatic carbocycles. The molecule has 6 heterocycles. The Balaban J connectivity index is 0.000000184. The average Bonchev–Trinajstić information content (AvgIpc) is 4.01. The highest BCUT2D eigenvalue weighted by Crippen LogP contribution is 2.35. The molecule has 23 heteroatoms. The Kier molecular flexibility index (Phi) is 14.4. The second-order valence-corrected chi connectivity index (χ2v) is 16.0. The maximum absolute atomic E-state index is 13.0. The van der Waals surface area contributed by atoms with Crippen molar-refractivity contribution in [3.8, 4) is 5.75 Å². The third-order valence-corrected chi connectivity index (χ3v) is 11.3. The number of nitrogens with zero attached hydrogens (tertiary/aromatic N) is 8. The molecule has 2 aromatic carbocycles. The van der Waals surface area contributed by atoms with Crippen molar-refractivity contribution in [2.75, 3.05) is 36.2 Å². The lowest BCUT2D eigenvalue weighted by atomic mass is 10.1. The molecule has 8 N–H and O–H groups in total. The molecule has 61 heavy (non-hydrogen) atoms. The fourth-order valence-corrected chi connectivity index (χ4v) is 7.82. The van der Waals surface area contributed by atoms with E-state index in [2.05, 4.69) is 52.7 Å². The Bertz CT molecular complexity index is 2390. The lowest BCUT2D eigenvalue weighted by Crippen LogP contribution is -2.33. The SMILES string of the molecule is C[C@H](COc1ccc(F)cc1)Nc1nc(Cl)nc2c1ncn2[C@@H]1O[C@H](CO)[C@@H](O)[C@H]1O.C[C@H](CSc1ccccc1)Nc1nc(Cl)nc2c1ncn2[C@@H]1O[C@H](CO)[C@@H](O)[C@H]1O. The number of fused-ring (bicyclic) bond motifs is 2. The van der Waals surface area contributed by atoms with Gasteiger partial charge in [-0.2, -0.15) is 19.9 Å². The quantitative estimate of drug-likeness (QED) is 0.0577. The van der Waals surface area contributed by atoms with Crippen LogP contribution in [0, 0.1) is 5.82 Å². The molecule has 8 rings (SSSR count). The van der Waals surface area contributed by atoms with Crippen molar-refractivity contribution in [3.63, 3.8) is 0 Å². The van der Waals surface area contributed by atoms with Crippen LogP contribution in [-0.4, -0.2) is 144 Å². The van der Waals surface area contributed by atoms with Gasteiger partial charge in [-0.25, -0.2) is 14.4 Å². The maximum Gasteiger partial charge on any atom is 0.226 e. The molecule has 4 aromatic heterocycles. The smallest absolute Gasteiger partial charge is 0.226 e. The van der Waals surface area contributed by atoms with Gasteiger partial charge in [-0.15, -0.1) is 11.8 Å². The minimum absolute atomic E-state index is 0.0152. The summed E-state index contributed by atoms with van der Waals surface area (Å²) in [4.78, 5) is 26.7. The van der Waals surface area contributed by atoms with Crippen LogP contribution in [0.2, 0.25) is 10.6 Å². The van der Waals surface area contributed by atoms with Gasteiger partial charge in [0.25, 0.3) is 0 Å². The van der Waals surface area contributed by atoms with E-state index in [9.17, 15) is 35.0 Å². The fraction of sp³-hybridized carbons (Fsp3) is 0.421. The summed E-state index contributed by atoms with van der Waals surface area (Å²) >= 11 is 13.9. The second kappa shape index (κ2) is 19.7. The van der Waals surface area contributed by atoms with E-state index in [1.807, 2.05) is 32.0 Å². The maximum atomic E-state index is 13.0. The van der Waals surface area contributed by atoms with Crippen LogP contribution in [0.1, 0.15) is 26.3 Å². The van der Waals surface area contributed by atoms with Crippen LogP contribution >= 0.6 is 35.0 Å². The molecule has 0 spiro atoms. The summed E-state index contributed by atoms with van der Waals surface area (Å²) in [5.74, 6) is 1.78. The molecule has 326 valence electrons. The minimum atomic E-state index is -1.29. The lowest BCUT2D eigenvalue weighted by Gasteiger charge is -2.18. The molecule has 0 amide bonds. The van der Waals surface area contributed by atoms with Crippen molar-refractivity contribution in [2.24, 2.45) is 0 Å². The topological polar surface area (TPSA) is 260 Å². The Hall–Kier alpha value is -4.52. The molecule has 2 saturated heterocycles. The molecule has 0 saturated carbocycles. The van der Waals surface area contributed by atoms with Gasteiger partial charge in [0, 0.05) is 16.7 Å². The Morgan fingerprint density at radius 3 is 1.69 bits per heavy atom. The van der Waals surface area contributed by atoms with Crippen molar-refractivity contribution < 1.29 is 49.2 Å². The van der Waals surface area contributed by atoms with Crippen LogP contribution in [0.25, 0.3) is 22.3 Å². The number of aliphatic hydroxyl groups excluding tert-OH is 6. The number of nitrogens with one attached hydrogen (secondary N) is 2. The number of imidazole rings is 2. The van der Waals surface area contributed by atoms with Gasteiger partial charge in [0.15, 0.2) is 46.4 Å². The largest absolute Gasteiger partial charge is 0.491 e. The number of ether oxygens (including phenoxy) is 3. The Morgan fingerprint density at radius 1 is 0.721 bits per heavy atom. The van der Waals surface area contributed by atoms with E-state index in [4.69, 9.17) is 37.4 Å². The van der Waals surface area contributed by atoms with Gasteiger partial charge in [-0.05, 0) is 73.4 Å². The zero-order valence-electron chi connectivity index (χ0n) is 32.5. The first kappa shape index (κ1) is 44.5. The molecular formula is C38H43Cl2FN10O9S. The molecule has 2 aliphatic heterocycles. The van der Waals surface area contributed by atoms with Crippen LogP contribution < -0.4 is 15.4 Å². The number of hydrogen-bond donors (Lipinski definition) is 8. The molecular weight excluding hydrogens is 862 g/mol. The van der Waals surface area contributed by atoms with Crippen molar-refractivity contribution in [1.82, 2.24) is 39.0 Å². The zero-order valence-corrected chi connectivity index (χ0v) is 34.8. The molecule has 2 fully saturated rings. The van der Waals surface area contributed by atoms with Crippen LogP contribution in [0.5, 0.6) is 5.75 Å². The number of halogens is 3. The van der Waals surface area contributed by atoms with E-state index in [1.165, 1.54) is 50.9 Å². The normalized spacial score (nSPS) is 24.7. The number of rotatable bonds is 14. The van der Waals surface area contributed by atoms with E-state index >= 15 is 0 Å². The van der Waals surface area contributed by atoms with Gasteiger partial charge < -0.3 is 55.5 Å².